The molecule has 0 atom stereocenters. The molecule has 0 spiro atoms. The van der Waals surface area contributed by atoms with E-state index in [1.807, 2.05) is 0 Å². The van der Waals surface area contributed by atoms with Gasteiger partial charge in [-0.25, -0.2) is 5.11 Å². The summed E-state index contributed by atoms with van der Waals surface area (Å²) in [5.74, 6) is -0.0496. The van der Waals surface area contributed by atoms with E-state index >= 15 is 0 Å². The van der Waals surface area contributed by atoms with Gasteiger partial charge in [-0.2, -0.15) is 0 Å². The van der Waals surface area contributed by atoms with E-state index in [4.69, 9.17) is 0 Å². The average molecular weight is 164 g/mol. The van der Waals surface area contributed by atoms with Crippen LogP contribution in [0.4, 0.5) is 0 Å². The van der Waals surface area contributed by atoms with E-state index < -0.39 is 0 Å². The van der Waals surface area contributed by atoms with Gasteiger partial charge in [0, 0.05) is 12.6 Å². The van der Waals surface area contributed by atoms with Crippen molar-refractivity contribution in [3.05, 3.63) is 30.1 Å². The van der Waals surface area contributed by atoms with Crippen molar-refractivity contribution in [2.24, 2.45) is 0 Å². The summed E-state index contributed by atoms with van der Waals surface area (Å²) in [6.07, 6.45) is 2.28. The molecule has 0 bridgehead atoms. The molecule has 63 valence electrons. The lowest BCUT2D eigenvalue weighted by Crippen LogP contribution is -2.01. The minimum atomic E-state index is -0.196. The fourth-order valence-corrected chi connectivity index (χ4v) is 0.888. The SMILES string of the molecule is [O]CCCC(=O)c1ccccn1. The van der Waals surface area contributed by atoms with Crippen LogP contribution in [-0.4, -0.2) is 17.4 Å². The summed E-state index contributed by atoms with van der Waals surface area (Å²) in [5.41, 5.74) is 0.450. The van der Waals surface area contributed by atoms with Crippen molar-refractivity contribution in [1.29, 1.82) is 0 Å². The van der Waals surface area contributed by atoms with E-state index in [9.17, 15) is 9.90 Å². The van der Waals surface area contributed by atoms with Crippen molar-refractivity contribution < 1.29 is 9.90 Å². The summed E-state index contributed by atoms with van der Waals surface area (Å²) in [6, 6.07) is 5.18. The Morgan fingerprint density at radius 2 is 2.25 bits per heavy atom. The van der Waals surface area contributed by atoms with Gasteiger partial charge in [0.2, 0.25) is 0 Å². The molecule has 1 aromatic rings. The molecule has 0 amide bonds. The summed E-state index contributed by atoms with van der Waals surface area (Å²) < 4.78 is 0. The first-order valence-electron chi connectivity index (χ1n) is 3.87. The van der Waals surface area contributed by atoms with Gasteiger partial charge in [-0.3, -0.25) is 9.78 Å². The van der Waals surface area contributed by atoms with Crippen LogP contribution in [-0.2, 0) is 5.11 Å². The molecule has 3 nitrogen and oxygen atoms in total. The van der Waals surface area contributed by atoms with Crippen LogP contribution >= 0.6 is 0 Å². The topological polar surface area (TPSA) is 49.9 Å². The molecule has 0 aliphatic heterocycles. The molecule has 0 fully saturated rings. The Kier molecular flexibility index (Phi) is 3.41. The Balaban J connectivity index is 2.54. The molecule has 1 radical (unpaired) electrons. The summed E-state index contributed by atoms with van der Waals surface area (Å²) in [4.78, 5) is 15.1. The number of carbonyl (C=O) groups is 1. The Labute approximate surface area is 71.1 Å². The second-order valence-corrected chi connectivity index (χ2v) is 2.45. The number of hydrogen-bond donors (Lipinski definition) is 0. The summed E-state index contributed by atoms with van der Waals surface area (Å²) in [7, 11) is 0. The summed E-state index contributed by atoms with van der Waals surface area (Å²) >= 11 is 0. The second-order valence-electron chi connectivity index (χ2n) is 2.45. The maximum atomic E-state index is 11.2. The average Bonchev–Trinajstić information content (AvgIpc) is 2.15. The van der Waals surface area contributed by atoms with Crippen LogP contribution in [0.15, 0.2) is 24.4 Å². The fourth-order valence-electron chi connectivity index (χ4n) is 0.888. The molecule has 0 aliphatic carbocycles. The van der Waals surface area contributed by atoms with Crippen LogP contribution < -0.4 is 0 Å². The van der Waals surface area contributed by atoms with Gasteiger partial charge < -0.3 is 0 Å². The molecular formula is C9H10NO2. The van der Waals surface area contributed by atoms with E-state index in [0.29, 0.717) is 18.5 Å². The number of rotatable bonds is 4. The summed E-state index contributed by atoms with van der Waals surface area (Å²) in [5, 5.41) is 10.1. The lowest BCUT2D eigenvalue weighted by atomic mass is 10.1. The predicted molar refractivity (Wildman–Crippen MR) is 43.4 cm³/mol. The number of aromatic nitrogens is 1. The monoisotopic (exact) mass is 164 g/mol. The number of Topliss-reactive ketones (excluding diaryl/α,β-unsaturated/α-hetero) is 1. The van der Waals surface area contributed by atoms with Gasteiger partial charge in [-0.05, 0) is 18.6 Å². The van der Waals surface area contributed by atoms with Crippen molar-refractivity contribution in [2.75, 3.05) is 6.61 Å². The van der Waals surface area contributed by atoms with Gasteiger partial charge in [-0.15, -0.1) is 0 Å². The highest BCUT2D eigenvalue weighted by Crippen LogP contribution is 2.00. The standard InChI is InChI=1S/C9H10NO2/c11-7-3-5-9(12)8-4-1-2-6-10-8/h1-2,4,6H,3,5,7H2. The zero-order valence-corrected chi connectivity index (χ0v) is 6.69. The van der Waals surface area contributed by atoms with E-state index in [2.05, 4.69) is 4.98 Å². The number of carbonyl (C=O) groups excluding carboxylic acids is 1. The van der Waals surface area contributed by atoms with Crippen LogP contribution in [0, 0.1) is 0 Å². The quantitative estimate of drug-likeness (QED) is 0.633. The zero-order valence-electron chi connectivity index (χ0n) is 6.69. The molecule has 0 unspecified atom stereocenters. The van der Waals surface area contributed by atoms with Gasteiger partial charge in [-0.1, -0.05) is 6.07 Å². The maximum Gasteiger partial charge on any atom is 0.181 e. The maximum absolute atomic E-state index is 11.2. The molecule has 3 heteroatoms. The molecule has 1 aromatic heterocycles. The number of pyridine rings is 1. The Bertz CT molecular complexity index is 246. The number of nitrogens with zero attached hydrogens (tertiary/aromatic N) is 1. The Morgan fingerprint density at radius 3 is 2.83 bits per heavy atom. The van der Waals surface area contributed by atoms with Crippen LogP contribution in [0.3, 0.4) is 0 Å². The van der Waals surface area contributed by atoms with E-state index in [0.717, 1.165) is 0 Å². The van der Waals surface area contributed by atoms with Gasteiger partial charge in [0.15, 0.2) is 5.78 Å². The first-order chi connectivity index (χ1) is 5.84. The van der Waals surface area contributed by atoms with Gasteiger partial charge in [0.05, 0.1) is 6.61 Å². The van der Waals surface area contributed by atoms with E-state index in [1.54, 1.807) is 24.4 Å². The highest BCUT2D eigenvalue weighted by Gasteiger charge is 2.04. The molecule has 0 aliphatic rings. The van der Waals surface area contributed by atoms with Crippen LogP contribution in [0.5, 0.6) is 0 Å². The molecule has 0 saturated carbocycles. The van der Waals surface area contributed by atoms with E-state index in [-0.39, 0.29) is 12.4 Å². The van der Waals surface area contributed by atoms with Crippen molar-refractivity contribution in [1.82, 2.24) is 4.98 Å². The minimum Gasteiger partial charge on any atom is -0.292 e. The molecule has 0 aromatic carbocycles. The second kappa shape index (κ2) is 4.62. The molecule has 0 N–H and O–H groups in total. The van der Waals surface area contributed by atoms with E-state index in [1.165, 1.54) is 0 Å². The molecule has 12 heavy (non-hydrogen) atoms. The molecule has 1 heterocycles. The van der Waals surface area contributed by atoms with Gasteiger partial charge >= 0.3 is 0 Å². The van der Waals surface area contributed by atoms with Crippen molar-refractivity contribution in [2.45, 2.75) is 12.8 Å². The minimum absolute atomic E-state index is 0.0496. The Hall–Kier alpha value is -1.22. The third-order valence-electron chi connectivity index (χ3n) is 1.50. The van der Waals surface area contributed by atoms with Gasteiger partial charge in [0.25, 0.3) is 0 Å². The lowest BCUT2D eigenvalue weighted by molar-refractivity contribution is 0.0954. The van der Waals surface area contributed by atoms with Crippen LogP contribution in [0.2, 0.25) is 0 Å². The van der Waals surface area contributed by atoms with Crippen molar-refractivity contribution in [3.8, 4) is 0 Å². The third kappa shape index (κ3) is 2.43. The first kappa shape index (κ1) is 8.87. The zero-order chi connectivity index (χ0) is 8.81. The largest absolute Gasteiger partial charge is 0.292 e. The first-order valence-corrected chi connectivity index (χ1v) is 3.87. The van der Waals surface area contributed by atoms with Crippen LogP contribution in [0.25, 0.3) is 0 Å². The van der Waals surface area contributed by atoms with Crippen molar-refractivity contribution >= 4 is 5.78 Å². The predicted octanol–water partition coefficient (Wildman–Crippen LogP) is 1.48. The smallest absolute Gasteiger partial charge is 0.181 e. The highest BCUT2D eigenvalue weighted by atomic mass is 16.3. The molecular weight excluding hydrogens is 154 g/mol. The molecule has 1 rings (SSSR count). The van der Waals surface area contributed by atoms with Crippen LogP contribution in [0.1, 0.15) is 23.3 Å². The normalized spacial score (nSPS) is 9.75. The Morgan fingerprint density at radius 1 is 1.42 bits per heavy atom. The fraction of sp³-hybridized carbons (Fsp3) is 0.333. The number of hydrogen-bond acceptors (Lipinski definition) is 2. The summed E-state index contributed by atoms with van der Waals surface area (Å²) in [6.45, 7) is -0.196. The van der Waals surface area contributed by atoms with Gasteiger partial charge in [0.1, 0.15) is 5.69 Å². The number of ketones is 1. The van der Waals surface area contributed by atoms with Crippen molar-refractivity contribution in [3.63, 3.8) is 0 Å². The third-order valence-corrected chi connectivity index (χ3v) is 1.50. The lowest BCUT2D eigenvalue weighted by Gasteiger charge is -1.96. The highest BCUT2D eigenvalue weighted by molar-refractivity contribution is 5.94. The molecule has 0 saturated heterocycles.